The molecular weight excluding hydrogens is 424 g/mol. The topological polar surface area (TPSA) is 78.9 Å². The van der Waals surface area contributed by atoms with Crippen LogP contribution in [0, 0.1) is 43.7 Å². The van der Waals surface area contributed by atoms with Gasteiger partial charge in [0.1, 0.15) is 17.4 Å². The molecule has 1 N–H and O–H groups in total. The number of pyridine rings is 1. The van der Waals surface area contributed by atoms with Gasteiger partial charge in [0.2, 0.25) is 0 Å². The molecule has 0 aliphatic heterocycles. The van der Waals surface area contributed by atoms with Crippen LogP contribution in [0.1, 0.15) is 41.0 Å². The van der Waals surface area contributed by atoms with Crippen molar-refractivity contribution in [3.8, 4) is 17.4 Å². The molecule has 0 spiro atoms. The lowest BCUT2D eigenvalue weighted by atomic mass is 9.98. The predicted molar refractivity (Wildman–Crippen MR) is 123 cm³/mol. The number of aryl methyl sites for hydroxylation is 2. The van der Waals surface area contributed by atoms with E-state index in [1.165, 1.54) is 6.07 Å². The van der Waals surface area contributed by atoms with Crippen molar-refractivity contribution in [1.82, 2.24) is 4.98 Å². The van der Waals surface area contributed by atoms with Crippen LogP contribution in [0.15, 0.2) is 51.7 Å². The minimum absolute atomic E-state index is 0.179. The minimum atomic E-state index is -1.02. The van der Waals surface area contributed by atoms with E-state index in [2.05, 4.69) is 16.4 Å². The molecule has 33 heavy (non-hydrogen) atoms. The first-order valence-electron chi connectivity index (χ1n) is 10.4. The Morgan fingerprint density at radius 2 is 1.82 bits per heavy atom. The Morgan fingerprint density at radius 1 is 1.06 bits per heavy atom. The van der Waals surface area contributed by atoms with Crippen LogP contribution < -0.4 is 10.7 Å². The number of fused-ring (bicyclic) bond motifs is 1. The normalized spacial score (nSPS) is 11.9. The van der Waals surface area contributed by atoms with Crippen LogP contribution in [0.3, 0.4) is 0 Å². The van der Waals surface area contributed by atoms with Gasteiger partial charge in [0, 0.05) is 22.4 Å². The molecule has 0 saturated carbocycles. The summed E-state index contributed by atoms with van der Waals surface area (Å²) < 4.78 is 33.5. The van der Waals surface area contributed by atoms with E-state index in [0.29, 0.717) is 27.8 Å². The van der Waals surface area contributed by atoms with Crippen molar-refractivity contribution < 1.29 is 13.2 Å². The zero-order valence-corrected chi connectivity index (χ0v) is 18.6. The van der Waals surface area contributed by atoms with Crippen LogP contribution in [0.4, 0.5) is 14.5 Å². The lowest BCUT2D eigenvalue weighted by molar-refractivity contribution is 0.508. The van der Waals surface area contributed by atoms with E-state index < -0.39 is 11.6 Å². The maximum atomic E-state index is 13.9. The van der Waals surface area contributed by atoms with E-state index in [0.717, 1.165) is 23.4 Å². The molecule has 0 unspecified atom stereocenters. The number of hydrogen-bond donors (Lipinski definition) is 1. The highest BCUT2D eigenvalue weighted by molar-refractivity contribution is 5.84. The number of hydrogen-bond acceptors (Lipinski definition) is 5. The van der Waals surface area contributed by atoms with Gasteiger partial charge in [0.05, 0.1) is 17.1 Å². The van der Waals surface area contributed by atoms with Gasteiger partial charge in [-0.2, -0.15) is 5.26 Å². The molecule has 2 heterocycles. The summed E-state index contributed by atoms with van der Waals surface area (Å²) in [6.45, 7) is 7.16. The van der Waals surface area contributed by atoms with Gasteiger partial charge in [0.25, 0.3) is 0 Å². The predicted octanol–water partition coefficient (Wildman–Crippen LogP) is 6.10. The van der Waals surface area contributed by atoms with E-state index in [1.54, 1.807) is 32.0 Å². The van der Waals surface area contributed by atoms with E-state index >= 15 is 0 Å². The average Bonchev–Trinajstić information content (AvgIpc) is 2.79. The summed E-state index contributed by atoms with van der Waals surface area (Å²) in [5.41, 5.74) is 3.77. The Balaban J connectivity index is 1.90. The van der Waals surface area contributed by atoms with Crippen LogP contribution in [0.5, 0.6) is 0 Å². The minimum Gasteiger partial charge on any atom is -0.455 e. The summed E-state index contributed by atoms with van der Waals surface area (Å²) in [6, 6.07) is 12.3. The summed E-state index contributed by atoms with van der Waals surface area (Å²) in [5, 5.41) is 13.1. The second-order valence-corrected chi connectivity index (χ2v) is 8.07. The van der Waals surface area contributed by atoms with E-state index in [1.807, 2.05) is 19.9 Å². The molecule has 4 aromatic rings. The van der Waals surface area contributed by atoms with E-state index in [4.69, 9.17) is 4.42 Å². The Hall–Kier alpha value is -4.05. The summed E-state index contributed by atoms with van der Waals surface area (Å²) in [7, 11) is 0. The third-order valence-corrected chi connectivity index (χ3v) is 5.55. The number of nitrogens with one attached hydrogen (secondary N) is 1. The van der Waals surface area contributed by atoms with Gasteiger partial charge < -0.3 is 9.73 Å². The molecule has 0 aliphatic carbocycles. The standard InChI is InChI=1S/C26H21F2N3O2/c1-13-9-18(16(4)31-22-8-5-14(2)30-23(22)12-29)26-19(10-13)24(32)15(3)25(33-26)17-6-7-20(27)21(28)11-17/h5-11,16,31H,1-4H3/t16-/m1/s1. The van der Waals surface area contributed by atoms with Crippen molar-refractivity contribution in [1.29, 1.82) is 5.26 Å². The molecule has 2 aromatic carbocycles. The quantitative estimate of drug-likeness (QED) is 0.410. The number of nitrogens with zero attached hydrogens (tertiary/aromatic N) is 2. The zero-order chi connectivity index (χ0) is 23.9. The molecule has 1 atom stereocenters. The highest BCUT2D eigenvalue weighted by Crippen LogP contribution is 2.33. The molecule has 166 valence electrons. The maximum Gasteiger partial charge on any atom is 0.196 e. The Bertz CT molecular complexity index is 1500. The monoisotopic (exact) mass is 445 g/mol. The van der Waals surface area contributed by atoms with Crippen molar-refractivity contribution in [2.75, 3.05) is 5.32 Å². The van der Waals surface area contributed by atoms with Gasteiger partial charge in [-0.25, -0.2) is 13.8 Å². The fourth-order valence-electron chi connectivity index (χ4n) is 3.87. The number of aromatic nitrogens is 1. The van der Waals surface area contributed by atoms with Crippen LogP contribution >= 0.6 is 0 Å². The first-order valence-corrected chi connectivity index (χ1v) is 10.4. The summed E-state index contributed by atoms with van der Waals surface area (Å²) in [6.07, 6.45) is 0. The molecule has 4 rings (SSSR count). The maximum absolute atomic E-state index is 13.9. The van der Waals surface area contributed by atoms with Crippen molar-refractivity contribution in [2.24, 2.45) is 0 Å². The number of nitriles is 1. The fraction of sp³-hybridized carbons (Fsp3) is 0.192. The summed E-state index contributed by atoms with van der Waals surface area (Å²) in [4.78, 5) is 17.4. The second-order valence-electron chi connectivity index (χ2n) is 8.07. The van der Waals surface area contributed by atoms with Crippen LogP contribution in [0.25, 0.3) is 22.3 Å². The van der Waals surface area contributed by atoms with E-state index in [-0.39, 0.29) is 28.5 Å². The largest absolute Gasteiger partial charge is 0.455 e. The highest BCUT2D eigenvalue weighted by Gasteiger charge is 2.20. The Labute approximate surface area is 189 Å². The molecular formula is C26H21F2N3O2. The second kappa shape index (κ2) is 8.47. The third-order valence-electron chi connectivity index (χ3n) is 5.55. The summed E-state index contributed by atoms with van der Waals surface area (Å²) >= 11 is 0. The molecule has 0 saturated heterocycles. The Morgan fingerprint density at radius 3 is 2.52 bits per heavy atom. The molecule has 7 heteroatoms. The number of anilines is 1. The van der Waals surface area contributed by atoms with Gasteiger partial charge in [-0.05, 0) is 69.7 Å². The number of halogens is 2. The zero-order valence-electron chi connectivity index (χ0n) is 18.6. The molecule has 0 aliphatic rings. The molecule has 0 fully saturated rings. The fourth-order valence-corrected chi connectivity index (χ4v) is 3.87. The van der Waals surface area contributed by atoms with Crippen LogP contribution in [-0.4, -0.2) is 4.98 Å². The molecule has 0 bridgehead atoms. The average molecular weight is 445 g/mol. The number of benzene rings is 2. The molecule has 0 radical (unpaired) electrons. The number of rotatable bonds is 4. The molecule has 0 amide bonds. The summed E-state index contributed by atoms with van der Waals surface area (Å²) in [5.74, 6) is -1.82. The van der Waals surface area contributed by atoms with Gasteiger partial charge in [-0.15, -0.1) is 0 Å². The van der Waals surface area contributed by atoms with Crippen LogP contribution in [-0.2, 0) is 0 Å². The third kappa shape index (κ3) is 4.08. The first-order chi connectivity index (χ1) is 15.7. The first kappa shape index (κ1) is 22.2. The molecule has 5 nitrogen and oxygen atoms in total. The lowest BCUT2D eigenvalue weighted by Gasteiger charge is -2.19. The van der Waals surface area contributed by atoms with Gasteiger partial charge in [-0.1, -0.05) is 6.07 Å². The Kier molecular flexibility index (Phi) is 5.69. The van der Waals surface area contributed by atoms with Gasteiger partial charge in [-0.3, -0.25) is 4.79 Å². The van der Waals surface area contributed by atoms with Crippen molar-refractivity contribution in [3.05, 3.63) is 92.4 Å². The molecule has 2 aromatic heterocycles. The van der Waals surface area contributed by atoms with Gasteiger partial charge >= 0.3 is 0 Å². The van der Waals surface area contributed by atoms with Crippen molar-refractivity contribution in [2.45, 2.75) is 33.7 Å². The van der Waals surface area contributed by atoms with Crippen LogP contribution in [0.2, 0.25) is 0 Å². The smallest absolute Gasteiger partial charge is 0.196 e. The lowest BCUT2D eigenvalue weighted by Crippen LogP contribution is -2.13. The van der Waals surface area contributed by atoms with Gasteiger partial charge in [0.15, 0.2) is 22.8 Å². The SMILES string of the molecule is Cc1cc([C@@H](C)Nc2ccc(C)nc2C#N)c2oc(-c3ccc(F)c(F)c3)c(C)c(=O)c2c1. The van der Waals surface area contributed by atoms with Crippen molar-refractivity contribution in [3.63, 3.8) is 0 Å². The highest BCUT2D eigenvalue weighted by atomic mass is 19.2. The van der Waals surface area contributed by atoms with E-state index in [9.17, 15) is 18.8 Å². The van der Waals surface area contributed by atoms with Crippen molar-refractivity contribution >= 4 is 16.7 Å².